The third-order valence-electron chi connectivity index (χ3n) is 4.92. The number of phenols is 1. The number of rotatable bonds is 4. The Bertz CT molecular complexity index is 1200. The molecule has 28 heavy (non-hydrogen) atoms. The molecule has 0 bridgehead atoms. The molecule has 5 heteroatoms. The smallest absolute Gasteiger partial charge is 0.143 e. The molecule has 0 fully saturated rings. The number of benzene rings is 3. The Morgan fingerprint density at radius 2 is 1.86 bits per heavy atom. The number of hydrogen-bond acceptors (Lipinski definition) is 2. The van der Waals surface area contributed by atoms with Crippen molar-refractivity contribution in [2.45, 2.75) is 13.3 Å². The molecule has 1 heterocycles. The van der Waals surface area contributed by atoms with Crippen molar-refractivity contribution in [3.63, 3.8) is 0 Å². The van der Waals surface area contributed by atoms with Crippen molar-refractivity contribution >= 4 is 28.3 Å². The molecule has 5 N–H and O–H groups in total. The fourth-order valence-electron chi connectivity index (χ4n) is 3.55. The molecule has 0 spiro atoms. The molecule has 140 valence electrons. The van der Waals surface area contributed by atoms with Crippen LogP contribution in [0.1, 0.15) is 22.3 Å². The van der Waals surface area contributed by atoms with Gasteiger partial charge in [-0.15, -0.1) is 0 Å². The first-order valence-corrected chi connectivity index (χ1v) is 9.34. The maximum atomic E-state index is 10.6. The van der Waals surface area contributed by atoms with Crippen LogP contribution in [-0.2, 0) is 6.42 Å². The summed E-state index contributed by atoms with van der Waals surface area (Å²) in [6, 6.07) is 19.5. The Hall–Kier alpha value is -3.24. The summed E-state index contributed by atoms with van der Waals surface area (Å²) < 4.78 is 0. The average molecular weight is 390 g/mol. The standard InChI is InChI=1S/C23H20ClN3O/c1-13-9-18(22(28)19(24)10-13)21-17(11-14-5-3-2-4-6-14)16-12-15(23(25)26)7-8-20(16)27-21/h2-10,12,27-28H,11H2,1H3,(H3,25,26). The summed E-state index contributed by atoms with van der Waals surface area (Å²) in [5.41, 5.74) is 11.9. The Balaban J connectivity index is 2.00. The van der Waals surface area contributed by atoms with Gasteiger partial charge in [0, 0.05) is 28.5 Å². The van der Waals surface area contributed by atoms with E-state index in [1.807, 2.05) is 49.4 Å². The van der Waals surface area contributed by atoms with Crippen molar-refractivity contribution in [2.75, 3.05) is 0 Å². The number of nitrogens with two attached hydrogens (primary N) is 1. The van der Waals surface area contributed by atoms with Crippen LogP contribution in [0.5, 0.6) is 5.75 Å². The lowest BCUT2D eigenvalue weighted by atomic mass is 9.96. The summed E-state index contributed by atoms with van der Waals surface area (Å²) in [7, 11) is 0. The summed E-state index contributed by atoms with van der Waals surface area (Å²) >= 11 is 6.24. The number of amidine groups is 1. The maximum Gasteiger partial charge on any atom is 0.143 e. The normalized spacial score (nSPS) is 11.1. The van der Waals surface area contributed by atoms with E-state index in [-0.39, 0.29) is 11.6 Å². The first-order valence-electron chi connectivity index (χ1n) is 8.96. The van der Waals surface area contributed by atoms with Gasteiger partial charge in [0.05, 0.1) is 10.7 Å². The second kappa shape index (κ2) is 7.06. The number of halogens is 1. The van der Waals surface area contributed by atoms with Crippen molar-refractivity contribution in [2.24, 2.45) is 5.73 Å². The van der Waals surface area contributed by atoms with Gasteiger partial charge in [-0.05, 0) is 53.9 Å². The lowest BCUT2D eigenvalue weighted by Crippen LogP contribution is -2.10. The zero-order chi connectivity index (χ0) is 19.8. The van der Waals surface area contributed by atoms with Gasteiger partial charge in [-0.2, -0.15) is 0 Å². The summed E-state index contributed by atoms with van der Waals surface area (Å²) in [6.07, 6.45) is 0.669. The van der Waals surface area contributed by atoms with Gasteiger partial charge < -0.3 is 15.8 Å². The van der Waals surface area contributed by atoms with Crippen molar-refractivity contribution in [3.8, 4) is 17.0 Å². The highest BCUT2D eigenvalue weighted by Gasteiger charge is 2.19. The summed E-state index contributed by atoms with van der Waals surface area (Å²) in [6.45, 7) is 1.95. The molecule has 0 atom stereocenters. The Kier molecular flexibility index (Phi) is 4.57. The number of phenolic OH excluding ortho intramolecular Hbond substituents is 1. The minimum absolute atomic E-state index is 0.0248. The zero-order valence-corrected chi connectivity index (χ0v) is 16.1. The number of aromatic nitrogens is 1. The lowest BCUT2D eigenvalue weighted by molar-refractivity contribution is 0.477. The highest BCUT2D eigenvalue weighted by molar-refractivity contribution is 6.32. The van der Waals surface area contributed by atoms with Crippen LogP contribution in [0.25, 0.3) is 22.2 Å². The third-order valence-corrected chi connectivity index (χ3v) is 5.21. The van der Waals surface area contributed by atoms with Crippen molar-refractivity contribution in [1.29, 1.82) is 5.41 Å². The van der Waals surface area contributed by atoms with Crippen LogP contribution < -0.4 is 5.73 Å². The molecule has 0 saturated carbocycles. The first kappa shape index (κ1) is 18.1. The Morgan fingerprint density at radius 3 is 2.57 bits per heavy atom. The van der Waals surface area contributed by atoms with Crippen LogP contribution in [-0.4, -0.2) is 15.9 Å². The number of hydrogen-bond donors (Lipinski definition) is 4. The molecular weight excluding hydrogens is 370 g/mol. The van der Waals surface area contributed by atoms with E-state index in [9.17, 15) is 5.11 Å². The van der Waals surface area contributed by atoms with E-state index in [2.05, 4.69) is 17.1 Å². The van der Waals surface area contributed by atoms with Crippen LogP contribution in [0.15, 0.2) is 60.7 Å². The molecular formula is C23H20ClN3O. The number of aromatic hydroxyl groups is 1. The maximum absolute atomic E-state index is 10.6. The van der Waals surface area contributed by atoms with E-state index < -0.39 is 0 Å². The summed E-state index contributed by atoms with van der Waals surface area (Å²) in [5.74, 6) is 0.0803. The minimum Gasteiger partial charge on any atom is -0.506 e. The molecule has 3 aromatic carbocycles. The molecule has 0 amide bonds. The lowest BCUT2D eigenvalue weighted by Gasteiger charge is -2.10. The number of H-pyrrole nitrogens is 1. The number of fused-ring (bicyclic) bond motifs is 1. The third kappa shape index (κ3) is 3.23. The van der Waals surface area contributed by atoms with Gasteiger partial charge in [-0.3, -0.25) is 5.41 Å². The molecule has 4 rings (SSSR count). The van der Waals surface area contributed by atoms with Gasteiger partial charge in [0.25, 0.3) is 0 Å². The molecule has 1 aromatic heterocycles. The van der Waals surface area contributed by atoms with Crippen molar-refractivity contribution in [1.82, 2.24) is 4.98 Å². The Labute approximate surface area is 168 Å². The molecule has 0 aliphatic carbocycles. The molecule has 4 aromatic rings. The number of nitrogens with one attached hydrogen (secondary N) is 2. The molecule has 0 radical (unpaired) electrons. The van der Waals surface area contributed by atoms with Crippen LogP contribution >= 0.6 is 11.6 Å². The first-order chi connectivity index (χ1) is 13.4. The van der Waals surface area contributed by atoms with E-state index in [0.717, 1.165) is 33.3 Å². The van der Waals surface area contributed by atoms with Crippen LogP contribution in [0.3, 0.4) is 0 Å². The second-order valence-corrected chi connectivity index (χ2v) is 7.37. The monoisotopic (exact) mass is 389 g/mol. The quantitative estimate of drug-likeness (QED) is 0.279. The second-order valence-electron chi connectivity index (χ2n) is 6.96. The van der Waals surface area contributed by atoms with E-state index in [1.54, 1.807) is 6.07 Å². The Morgan fingerprint density at radius 1 is 1.11 bits per heavy atom. The van der Waals surface area contributed by atoms with Gasteiger partial charge in [0.1, 0.15) is 11.6 Å². The van der Waals surface area contributed by atoms with Gasteiger partial charge in [0.15, 0.2) is 0 Å². The largest absolute Gasteiger partial charge is 0.506 e. The van der Waals surface area contributed by atoms with E-state index >= 15 is 0 Å². The van der Waals surface area contributed by atoms with Crippen LogP contribution in [0.4, 0.5) is 0 Å². The fraction of sp³-hybridized carbons (Fsp3) is 0.0870. The molecule has 0 unspecified atom stereocenters. The molecule has 0 aliphatic rings. The number of aryl methyl sites for hydroxylation is 1. The van der Waals surface area contributed by atoms with Gasteiger partial charge in [0.2, 0.25) is 0 Å². The predicted molar refractivity (Wildman–Crippen MR) is 115 cm³/mol. The summed E-state index contributed by atoms with van der Waals surface area (Å²) in [4.78, 5) is 3.43. The minimum atomic E-state index is 0.0248. The SMILES string of the molecule is Cc1cc(Cl)c(O)c(-c2[nH]c3ccc(C(=N)N)cc3c2Cc2ccccc2)c1. The van der Waals surface area contributed by atoms with E-state index in [0.29, 0.717) is 22.6 Å². The van der Waals surface area contributed by atoms with Crippen molar-refractivity contribution in [3.05, 3.63) is 87.9 Å². The predicted octanol–water partition coefficient (Wildman–Crippen LogP) is 5.38. The van der Waals surface area contributed by atoms with Gasteiger partial charge in [-0.1, -0.05) is 41.9 Å². The average Bonchev–Trinajstić information content (AvgIpc) is 3.03. The number of aromatic amines is 1. The fourth-order valence-corrected chi connectivity index (χ4v) is 3.83. The summed E-state index contributed by atoms with van der Waals surface area (Å²) in [5, 5.41) is 19.7. The van der Waals surface area contributed by atoms with Crippen LogP contribution in [0, 0.1) is 12.3 Å². The molecule has 4 nitrogen and oxygen atoms in total. The van der Waals surface area contributed by atoms with Crippen LogP contribution in [0.2, 0.25) is 5.02 Å². The van der Waals surface area contributed by atoms with Gasteiger partial charge >= 0.3 is 0 Å². The van der Waals surface area contributed by atoms with Crippen molar-refractivity contribution < 1.29 is 5.11 Å². The number of nitrogen functional groups attached to an aromatic ring is 1. The van der Waals surface area contributed by atoms with E-state index in [4.69, 9.17) is 22.7 Å². The van der Waals surface area contributed by atoms with Gasteiger partial charge in [-0.25, -0.2) is 0 Å². The van der Waals surface area contributed by atoms with E-state index in [1.165, 1.54) is 0 Å². The highest BCUT2D eigenvalue weighted by atomic mass is 35.5. The molecule has 0 saturated heterocycles. The zero-order valence-electron chi connectivity index (χ0n) is 15.4. The topological polar surface area (TPSA) is 85.9 Å². The molecule has 0 aliphatic heterocycles. The highest BCUT2D eigenvalue weighted by Crippen LogP contribution is 2.40.